The number of amides is 1. The fourth-order valence-corrected chi connectivity index (χ4v) is 5.30. The van der Waals surface area contributed by atoms with Crippen LogP contribution >= 0.6 is 0 Å². The molecule has 3 aromatic rings. The Morgan fingerprint density at radius 1 is 0.921 bits per heavy atom. The smallest absolute Gasteiger partial charge is 0.308 e. The first-order chi connectivity index (χ1) is 18.3. The van der Waals surface area contributed by atoms with E-state index in [9.17, 15) is 23.6 Å². The highest BCUT2D eigenvalue weighted by Crippen LogP contribution is 2.30. The van der Waals surface area contributed by atoms with Gasteiger partial charge >= 0.3 is 5.97 Å². The molecule has 0 saturated heterocycles. The van der Waals surface area contributed by atoms with E-state index in [0.717, 1.165) is 53.9 Å². The number of ether oxygens (including phenoxy) is 1. The highest BCUT2D eigenvalue weighted by atomic mass is 19.1. The number of aromatic nitrogens is 1. The number of hydrogen-bond acceptors (Lipinski definition) is 5. The molecule has 1 aromatic heterocycles. The van der Waals surface area contributed by atoms with Gasteiger partial charge in [0.25, 0.3) is 0 Å². The average Bonchev–Trinajstić information content (AvgIpc) is 3.25. The molecule has 1 aliphatic rings. The van der Waals surface area contributed by atoms with Crippen molar-refractivity contribution in [3.8, 4) is 0 Å². The molecule has 0 bridgehead atoms. The number of esters is 1. The Hall–Kier alpha value is -3.55. The summed E-state index contributed by atoms with van der Waals surface area (Å²) in [6.45, 7) is 2.31. The predicted molar refractivity (Wildman–Crippen MR) is 144 cm³/mol. The maximum Gasteiger partial charge on any atom is 0.308 e. The van der Waals surface area contributed by atoms with E-state index < -0.39 is 42.7 Å². The van der Waals surface area contributed by atoms with Gasteiger partial charge in [-0.3, -0.25) is 23.7 Å². The van der Waals surface area contributed by atoms with E-state index in [1.54, 1.807) is 4.57 Å². The van der Waals surface area contributed by atoms with Gasteiger partial charge in [0.15, 0.2) is 5.78 Å². The summed E-state index contributed by atoms with van der Waals surface area (Å²) in [7, 11) is 0. The molecule has 8 heteroatoms. The predicted octanol–water partition coefficient (Wildman–Crippen LogP) is 5.39. The second-order valence-electron chi connectivity index (χ2n) is 10.4. The molecule has 1 amide bonds. The number of carbonyl (C=O) groups is 4. The molecule has 1 N–H and O–H groups in total. The number of rotatable bonds is 10. The number of Topliss-reactive ketones (excluding diaryl/α,β-unsaturated/α-hetero) is 1. The zero-order chi connectivity index (χ0) is 27.2. The Balaban J connectivity index is 1.50. The molecule has 202 valence electrons. The third-order valence-corrected chi connectivity index (χ3v) is 7.42. The van der Waals surface area contributed by atoms with Crippen LogP contribution in [0, 0.1) is 11.8 Å². The molecule has 0 radical (unpaired) electrons. The Morgan fingerprint density at radius 3 is 2.05 bits per heavy atom. The van der Waals surface area contributed by atoms with Crippen molar-refractivity contribution in [1.82, 2.24) is 9.88 Å². The Labute approximate surface area is 221 Å². The number of carbonyl (C=O) groups excluding carboxylic acids is 4. The number of fused-ring (bicyclic) bond motifs is 3. The van der Waals surface area contributed by atoms with Gasteiger partial charge in [-0.15, -0.1) is 0 Å². The maximum atomic E-state index is 13.6. The summed E-state index contributed by atoms with van der Waals surface area (Å²) in [6.07, 6.45) is 3.80. The molecule has 1 saturated carbocycles. The largest absolute Gasteiger partial charge is 0.462 e. The minimum absolute atomic E-state index is 0.116. The summed E-state index contributed by atoms with van der Waals surface area (Å²) < 4.78 is 20.4. The van der Waals surface area contributed by atoms with E-state index in [2.05, 4.69) is 5.32 Å². The first kappa shape index (κ1) is 27.5. The molecular weight excluding hydrogens is 487 g/mol. The summed E-state index contributed by atoms with van der Waals surface area (Å²) >= 11 is 0. The lowest BCUT2D eigenvalue weighted by atomic mass is 9.90. The van der Waals surface area contributed by atoms with Crippen LogP contribution in [0.2, 0.25) is 0 Å². The summed E-state index contributed by atoms with van der Waals surface area (Å²) in [5, 5.41) is 4.43. The fourth-order valence-electron chi connectivity index (χ4n) is 5.30. The van der Waals surface area contributed by atoms with Crippen LogP contribution in [-0.4, -0.2) is 47.0 Å². The SMILES string of the molecule is CC(C)[C@@H](CC(=O)n1c2ccccc2c2ccccc21)C(=O)NC(CC(=O)OC1CCCCC1)C(=O)CF. The van der Waals surface area contributed by atoms with E-state index in [1.807, 2.05) is 62.4 Å². The van der Waals surface area contributed by atoms with Gasteiger partial charge < -0.3 is 10.1 Å². The third-order valence-electron chi connectivity index (χ3n) is 7.42. The van der Waals surface area contributed by atoms with Gasteiger partial charge in [-0.2, -0.15) is 0 Å². The standard InChI is InChI=1S/C30H35FN2O5/c1-19(2)23(16-28(35)33-25-14-8-6-12-21(25)22-13-7-9-15-26(22)33)30(37)32-24(27(34)18-31)17-29(36)38-20-10-4-3-5-11-20/h6-9,12-15,19-20,23-24H,3-5,10-11,16-18H2,1-2H3,(H,32,37)/t23-,24?/m1/s1. The molecule has 1 heterocycles. The zero-order valence-corrected chi connectivity index (χ0v) is 22.0. The van der Waals surface area contributed by atoms with Gasteiger partial charge in [-0.25, -0.2) is 4.39 Å². The maximum absolute atomic E-state index is 13.6. The van der Waals surface area contributed by atoms with Crippen molar-refractivity contribution >= 4 is 45.4 Å². The molecule has 7 nitrogen and oxygen atoms in total. The number of nitrogens with zero attached hydrogens (tertiary/aromatic N) is 1. The van der Waals surface area contributed by atoms with E-state index in [4.69, 9.17) is 4.74 Å². The van der Waals surface area contributed by atoms with Crippen molar-refractivity contribution in [2.75, 3.05) is 6.67 Å². The van der Waals surface area contributed by atoms with Crippen LogP contribution in [-0.2, 0) is 19.1 Å². The molecule has 4 rings (SSSR count). The summed E-state index contributed by atoms with van der Waals surface area (Å²) in [6, 6.07) is 13.8. The van der Waals surface area contributed by atoms with Crippen LogP contribution in [0.5, 0.6) is 0 Å². The van der Waals surface area contributed by atoms with E-state index in [1.165, 1.54) is 0 Å². The van der Waals surface area contributed by atoms with Crippen LogP contribution in [0.15, 0.2) is 48.5 Å². The Bertz CT molecular complexity index is 1270. The number of para-hydroxylation sites is 2. The number of halogens is 1. The Morgan fingerprint density at radius 2 is 1.50 bits per heavy atom. The molecule has 38 heavy (non-hydrogen) atoms. The lowest BCUT2D eigenvalue weighted by Crippen LogP contribution is -2.47. The number of nitrogens with one attached hydrogen (secondary N) is 1. The first-order valence-electron chi connectivity index (χ1n) is 13.4. The quantitative estimate of drug-likeness (QED) is 0.361. The van der Waals surface area contributed by atoms with Gasteiger partial charge in [0.2, 0.25) is 11.8 Å². The van der Waals surface area contributed by atoms with Gasteiger partial charge in [-0.1, -0.05) is 56.7 Å². The summed E-state index contributed by atoms with van der Waals surface area (Å²) in [5.74, 6) is -3.39. The van der Waals surface area contributed by atoms with Gasteiger partial charge in [0.1, 0.15) is 18.8 Å². The highest BCUT2D eigenvalue weighted by molar-refractivity contribution is 6.13. The second-order valence-corrected chi connectivity index (χ2v) is 10.4. The molecule has 1 unspecified atom stereocenters. The third kappa shape index (κ3) is 6.11. The molecule has 1 fully saturated rings. The summed E-state index contributed by atoms with van der Waals surface area (Å²) in [4.78, 5) is 51.7. The molecule has 0 spiro atoms. The summed E-state index contributed by atoms with van der Waals surface area (Å²) in [5.41, 5.74) is 1.50. The van der Waals surface area contributed by atoms with Crippen molar-refractivity contribution in [3.05, 3.63) is 48.5 Å². The van der Waals surface area contributed by atoms with Crippen LogP contribution in [0.25, 0.3) is 21.8 Å². The van der Waals surface area contributed by atoms with E-state index >= 15 is 0 Å². The van der Waals surface area contributed by atoms with E-state index in [-0.39, 0.29) is 24.3 Å². The van der Waals surface area contributed by atoms with Gasteiger partial charge in [0.05, 0.1) is 17.5 Å². The molecule has 2 aromatic carbocycles. The van der Waals surface area contributed by atoms with E-state index in [0.29, 0.717) is 0 Å². The number of hydrogen-bond donors (Lipinski definition) is 1. The number of alkyl halides is 1. The molecular formula is C30H35FN2O5. The monoisotopic (exact) mass is 522 g/mol. The molecule has 0 aliphatic heterocycles. The van der Waals surface area contributed by atoms with Crippen molar-refractivity contribution in [2.45, 2.75) is 70.9 Å². The van der Waals surface area contributed by atoms with Gasteiger partial charge in [0, 0.05) is 23.1 Å². The highest BCUT2D eigenvalue weighted by Gasteiger charge is 2.32. The molecule has 1 aliphatic carbocycles. The lowest BCUT2D eigenvalue weighted by Gasteiger charge is -2.25. The Kier molecular flexibility index (Phi) is 8.92. The van der Waals surface area contributed by atoms with Crippen molar-refractivity contribution in [3.63, 3.8) is 0 Å². The fraction of sp³-hybridized carbons (Fsp3) is 0.467. The molecule has 2 atom stereocenters. The van der Waals surface area contributed by atoms with Crippen molar-refractivity contribution in [2.24, 2.45) is 11.8 Å². The minimum Gasteiger partial charge on any atom is -0.462 e. The lowest BCUT2D eigenvalue weighted by molar-refractivity contribution is -0.152. The zero-order valence-electron chi connectivity index (χ0n) is 22.0. The number of benzene rings is 2. The minimum atomic E-state index is -1.34. The average molecular weight is 523 g/mol. The van der Waals surface area contributed by atoms with Crippen LogP contribution in [0.4, 0.5) is 4.39 Å². The normalized spacial score (nSPS) is 15.9. The van der Waals surface area contributed by atoms with Crippen molar-refractivity contribution in [1.29, 1.82) is 0 Å². The second kappa shape index (κ2) is 12.3. The van der Waals surface area contributed by atoms with Gasteiger partial charge in [-0.05, 0) is 43.7 Å². The first-order valence-corrected chi connectivity index (χ1v) is 13.4. The van der Waals surface area contributed by atoms with Crippen LogP contribution in [0.1, 0.15) is 63.6 Å². The van der Waals surface area contributed by atoms with Crippen LogP contribution in [0.3, 0.4) is 0 Å². The van der Waals surface area contributed by atoms with Crippen LogP contribution < -0.4 is 5.32 Å². The van der Waals surface area contributed by atoms with Crippen molar-refractivity contribution < 1.29 is 28.3 Å². The topological polar surface area (TPSA) is 94.5 Å². The number of ketones is 1.